The Hall–Kier alpha value is -2.91. The standard InChI is InChI=1S/C19H16BrClN4O4/c1-9-3-5-12(8-14(9)21)23-18(26)16-10(2)22-19(27)24-17(16)11-4-6-13(20)15(7-11)25(28)29/h3-8,17H,1-2H3,(H,23,26)(H2,22,24,27). The van der Waals surface area contributed by atoms with Crippen LogP contribution < -0.4 is 16.0 Å². The van der Waals surface area contributed by atoms with E-state index in [4.69, 9.17) is 11.6 Å². The number of nitrogens with zero attached hydrogens (tertiary/aromatic N) is 1. The van der Waals surface area contributed by atoms with Gasteiger partial charge in [0.25, 0.3) is 11.6 Å². The van der Waals surface area contributed by atoms with Gasteiger partial charge in [-0.15, -0.1) is 0 Å². The molecule has 0 fully saturated rings. The number of anilines is 1. The van der Waals surface area contributed by atoms with Crippen molar-refractivity contribution in [3.63, 3.8) is 0 Å². The van der Waals surface area contributed by atoms with Crippen LogP contribution in [0.3, 0.4) is 0 Å². The number of nitrogens with one attached hydrogen (secondary N) is 3. The minimum absolute atomic E-state index is 0.169. The highest BCUT2D eigenvalue weighted by Gasteiger charge is 2.32. The van der Waals surface area contributed by atoms with Crippen molar-refractivity contribution in [2.45, 2.75) is 19.9 Å². The molecular weight excluding hydrogens is 464 g/mol. The van der Waals surface area contributed by atoms with Crippen LogP contribution in [0.5, 0.6) is 0 Å². The molecule has 150 valence electrons. The fraction of sp³-hybridized carbons (Fsp3) is 0.158. The van der Waals surface area contributed by atoms with E-state index in [9.17, 15) is 19.7 Å². The molecule has 1 heterocycles. The van der Waals surface area contributed by atoms with Crippen molar-refractivity contribution < 1.29 is 14.5 Å². The predicted octanol–water partition coefficient (Wildman–Crippen LogP) is 4.59. The lowest BCUT2D eigenvalue weighted by Gasteiger charge is -2.28. The molecule has 0 radical (unpaired) electrons. The molecule has 29 heavy (non-hydrogen) atoms. The maximum absolute atomic E-state index is 13.0. The van der Waals surface area contributed by atoms with E-state index in [1.807, 2.05) is 6.92 Å². The van der Waals surface area contributed by atoms with Crippen molar-refractivity contribution in [3.05, 3.63) is 78.4 Å². The Morgan fingerprint density at radius 1 is 1.24 bits per heavy atom. The van der Waals surface area contributed by atoms with E-state index < -0.39 is 22.9 Å². The number of benzene rings is 2. The molecule has 0 saturated carbocycles. The molecule has 1 aliphatic heterocycles. The van der Waals surface area contributed by atoms with Crippen LogP contribution in [0.15, 0.2) is 52.1 Å². The summed E-state index contributed by atoms with van der Waals surface area (Å²) in [5.41, 5.74) is 2.17. The first-order chi connectivity index (χ1) is 13.7. The zero-order valence-electron chi connectivity index (χ0n) is 15.4. The van der Waals surface area contributed by atoms with Gasteiger partial charge in [0, 0.05) is 22.5 Å². The number of halogens is 2. The van der Waals surface area contributed by atoms with Gasteiger partial charge in [0.15, 0.2) is 0 Å². The number of hydrogen-bond donors (Lipinski definition) is 3. The fourth-order valence-corrected chi connectivity index (χ4v) is 3.54. The number of hydrogen-bond acceptors (Lipinski definition) is 4. The van der Waals surface area contributed by atoms with Gasteiger partial charge in [0.1, 0.15) is 0 Å². The molecule has 0 bridgehead atoms. The van der Waals surface area contributed by atoms with E-state index in [0.717, 1.165) is 5.56 Å². The molecule has 3 rings (SSSR count). The van der Waals surface area contributed by atoms with Crippen molar-refractivity contribution in [2.75, 3.05) is 5.32 Å². The van der Waals surface area contributed by atoms with Gasteiger partial charge in [-0.3, -0.25) is 14.9 Å². The summed E-state index contributed by atoms with van der Waals surface area (Å²) in [5, 5.41) is 19.8. The number of nitro benzene ring substituents is 1. The van der Waals surface area contributed by atoms with Gasteiger partial charge in [-0.05, 0) is 59.1 Å². The van der Waals surface area contributed by atoms with Crippen molar-refractivity contribution in [2.24, 2.45) is 0 Å². The van der Waals surface area contributed by atoms with Crippen LogP contribution in [-0.2, 0) is 4.79 Å². The van der Waals surface area contributed by atoms with Crippen LogP contribution in [-0.4, -0.2) is 16.9 Å². The second kappa shape index (κ2) is 8.22. The summed E-state index contributed by atoms with van der Waals surface area (Å²) in [5.74, 6) is -0.467. The molecule has 2 aromatic rings. The van der Waals surface area contributed by atoms with Crippen molar-refractivity contribution in [3.8, 4) is 0 Å². The first-order valence-electron chi connectivity index (χ1n) is 8.47. The fourth-order valence-electron chi connectivity index (χ4n) is 2.96. The zero-order valence-corrected chi connectivity index (χ0v) is 17.7. The SMILES string of the molecule is CC1=C(C(=O)Nc2ccc(C)c(Cl)c2)C(c2ccc(Br)c([N+](=O)[O-])c2)NC(=O)N1. The monoisotopic (exact) mass is 478 g/mol. The lowest BCUT2D eigenvalue weighted by Crippen LogP contribution is -2.46. The van der Waals surface area contributed by atoms with E-state index in [1.54, 1.807) is 31.2 Å². The maximum atomic E-state index is 13.0. The lowest BCUT2D eigenvalue weighted by atomic mass is 9.94. The number of allylic oxidation sites excluding steroid dienone is 1. The number of rotatable bonds is 4. The van der Waals surface area contributed by atoms with Gasteiger partial charge in [-0.2, -0.15) is 0 Å². The van der Waals surface area contributed by atoms with Crippen LogP contribution in [0.1, 0.15) is 24.1 Å². The molecule has 2 aromatic carbocycles. The van der Waals surface area contributed by atoms with Gasteiger partial charge in [0.2, 0.25) is 0 Å². The predicted molar refractivity (Wildman–Crippen MR) is 113 cm³/mol. The van der Waals surface area contributed by atoms with E-state index in [2.05, 4.69) is 31.9 Å². The Kier molecular flexibility index (Phi) is 5.90. The third-order valence-corrected chi connectivity index (χ3v) is 5.52. The van der Waals surface area contributed by atoms with Crippen LogP contribution in [0.25, 0.3) is 0 Å². The largest absolute Gasteiger partial charge is 0.327 e. The molecule has 0 aromatic heterocycles. The highest BCUT2D eigenvalue weighted by atomic mass is 79.9. The quantitative estimate of drug-likeness (QED) is 0.440. The molecule has 1 atom stereocenters. The third kappa shape index (κ3) is 4.41. The average Bonchev–Trinajstić information content (AvgIpc) is 2.64. The smallest absolute Gasteiger partial charge is 0.319 e. The Morgan fingerprint density at radius 3 is 2.62 bits per heavy atom. The van der Waals surface area contributed by atoms with Gasteiger partial charge >= 0.3 is 6.03 Å². The Labute approximate surface area is 179 Å². The molecule has 1 unspecified atom stereocenters. The molecule has 0 aliphatic carbocycles. The first-order valence-corrected chi connectivity index (χ1v) is 9.64. The molecule has 3 N–H and O–H groups in total. The molecule has 0 saturated heterocycles. The molecule has 8 nitrogen and oxygen atoms in total. The number of aryl methyl sites for hydroxylation is 1. The van der Waals surface area contributed by atoms with E-state index in [0.29, 0.717) is 26.4 Å². The summed E-state index contributed by atoms with van der Waals surface area (Å²) >= 11 is 9.25. The van der Waals surface area contributed by atoms with Crippen molar-refractivity contribution in [1.82, 2.24) is 10.6 Å². The molecule has 1 aliphatic rings. The van der Waals surface area contributed by atoms with Crippen molar-refractivity contribution in [1.29, 1.82) is 0 Å². The maximum Gasteiger partial charge on any atom is 0.319 e. The van der Waals surface area contributed by atoms with Crippen LogP contribution in [0.4, 0.5) is 16.2 Å². The Balaban J connectivity index is 2.00. The van der Waals surface area contributed by atoms with E-state index >= 15 is 0 Å². The number of carbonyl (C=O) groups excluding carboxylic acids is 2. The van der Waals surface area contributed by atoms with Gasteiger partial charge in [0.05, 0.1) is 21.0 Å². The number of urea groups is 1. The van der Waals surface area contributed by atoms with Crippen molar-refractivity contribution >= 4 is 50.8 Å². The van der Waals surface area contributed by atoms with Gasteiger partial charge in [-0.1, -0.05) is 23.7 Å². The second-order valence-electron chi connectivity index (χ2n) is 6.46. The Bertz CT molecular complexity index is 1070. The minimum Gasteiger partial charge on any atom is -0.327 e. The highest BCUT2D eigenvalue weighted by Crippen LogP contribution is 2.33. The summed E-state index contributed by atoms with van der Waals surface area (Å²) in [6.07, 6.45) is 0. The van der Waals surface area contributed by atoms with Crippen LogP contribution in [0, 0.1) is 17.0 Å². The zero-order chi connectivity index (χ0) is 21.3. The summed E-state index contributed by atoms with van der Waals surface area (Å²) in [7, 11) is 0. The molecule has 3 amide bonds. The molecule has 10 heteroatoms. The highest BCUT2D eigenvalue weighted by molar-refractivity contribution is 9.10. The summed E-state index contributed by atoms with van der Waals surface area (Å²) in [4.78, 5) is 35.7. The van der Waals surface area contributed by atoms with E-state index in [1.165, 1.54) is 12.1 Å². The lowest BCUT2D eigenvalue weighted by molar-refractivity contribution is -0.385. The minimum atomic E-state index is -0.864. The normalized spacial score (nSPS) is 16.1. The topological polar surface area (TPSA) is 113 Å². The number of amides is 3. The third-order valence-electron chi connectivity index (χ3n) is 4.44. The molecular formula is C19H16BrClN4O4. The van der Waals surface area contributed by atoms with Gasteiger partial charge in [-0.25, -0.2) is 4.79 Å². The van der Waals surface area contributed by atoms with Crippen LogP contribution in [0.2, 0.25) is 5.02 Å². The number of nitro groups is 1. The summed E-state index contributed by atoms with van der Waals surface area (Å²) < 4.78 is 0.299. The Morgan fingerprint density at radius 2 is 1.97 bits per heavy atom. The number of carbonyl (C=O) groups is 2. The van der Waals surface area contributed by atoms with E-state index in [-0.39, 0.29) is 11.3 Å². The summed E-state index contributed by atoms with van der Waals surface area (Å²) in [6.45, 7) is 3.44. The van der Waals surface area contributed by atoms with Crippen LogP contribution >= 0.6 is 27.5 Å². The first kappa shape index (κ1) is 20.8. The van der Waals surface area contributed by atoms with Gasteiger partial charge < -0.3 is 16.0 Å². The molecule has 0 spiro atoms. The average molecular weight is 480 g/mol. The summed E-state index contributed by atoms with van der Waals surface area (Å²) in [6, 6.07) is 8.18. The second-order valence-corrected chi connectivity index (χ2v) is 7.72.